The number of hydrogen-bond acceptors (Lipinski definition) is 3. The van der Waals surface area contributed by atoms with Crippen molar-refractivity contribution in [2.45, 2.75) is 33.3 Å². The SMILES string of the molecule is CC(C)CCN(C)c1ccc([C@@H](C)O)cn1. The van der Waals surface area contributed by atoms with Crippen molar-refractivity contribution in [3.63, 3.8) is 0 Å². The molecule has 0 spiro atoms. The fourth-order valence-electron chi connectivity index (χ4n) is 1.44. The molecule has 0 aromatic carbocycles. The van der Waals surface area contributed by atoms with Crippen molar-refractivity contribution in [3.8, 4) is 0 Å². The van der Waals surface area contributed by atoms with Crippen LogP contribution in [0.25, 0.3) is 0 Å². The maximum atomic E-state index is 9.38. The lowest BCUT2D eigenvalue weighted by atomic mass is 10.1. The van der Waals surface area contributed by atoms with Crippen LogP contribution in [-0.4, -0.2) is 23.7 Å². The van der Waals surface area contributed by atoms with Crippen molar-refractivity contribution in [1.29, 1.82) is 0 Å². The molecule has 3 heteroatoms. The third-order valence-corrected chi connectivity index (χ3v) is 2.69. The molecule has 0 saturated heterocycles. The first-order chi connectivity index (χ1) is 7.50. The first-order valence-electron chi connectivity index (χ1n) is 5.86. The second-order valence-corrected chi connectivity index (χ2v) is 4.73. The second-order valence-electron chi connectivity index (χ2n) is 4.73. The lowest BCUT2D eigenvalue weighted by molar-refractivity contribution is 0.199. The lowest BCUT2D eigenvalue weighted by Gasteiger charge is -2.19. The molecule has 0 saturated carbocycles. The average Bonchev–Trinajstić information content (AvgIpc) is 2.26. The predicted octanol–water partition coefficient (Wildman–Crippen LogP) is 2.62. The van der Waals surface area contributed by atoms with E-state index in [0.717, 1.165) is 24.3 Å². The fourth-order valence-corrected chi connectivity index (χ4v) is 1.44. The maximum absolute atomic E-state index is 9.38. The molecule has 1 heterocycles. The van der Waals surface area contributed by atoms with Gasteiger partial charge in [0.15, 0.2) is 0 Å². The normalized spacial score (nSPS) is 12.9. The van der Waals surface area contributed by atoms with E-state index in [-0.39, 0.29) is 0 Å². The van der Waals surface area contributed by atoms with Crippen LogP contribution in [0.15, 0.2) is 18.3 Å². The summed E-state index contributed by atoms with van der Waals surface area (Å²) in [5.41, 5.74) is 0.862. The fraction of sp³-hybridized carbons (Fsp3) is 0.615. The third-order valence-electron chi connectivity index (χ3n) is 2.69. The number of aromatic nitrogens is 1. The van der Waals surface area contributed by atoms with E-state index in [9.17, 15) is 5.11 Å². The Bertz CT molecular complexity index is 306. The van der Waals surface area contributed by atoms with Gasteiger partial charge in [0.05, 0.1) is 6.10 Å². The molecule has 1 N–H and O–H groups in total. The van der Waals surface area contributed by atoms with Gasteiger partial charge in [0.2, 0.25) is 0 Å². The molecule has 0 radical (unpaired) electrons. The highest BCUT2D eigenvalue weighted by Gasteiger charge is 2.05. The molecular formula is C13H22N2O. The molecule has 1 aromatic heterocycles. The van der Waals surface area contributed by atoms with Crippen LogP contribution in [0.4, 0.5) is 5.82 Å². The summed E-state index contributed by atoms with van der Waals surface area (Å²) in [7, 11) is 2.05. The van der Waals surface area contributed by atoms with Crippen LogP contribution in [0.3, 0.4) is 0 Å². The minimum atomic E-state index is -0.442. The van der Waals surface area contributed by atoms with Crippen molar-refractivity contribution in [1.82, 2.24) is 4.98 Å². The Labute approximate surface area is 98.1 Å². The Morgan fingerprint density at radius 1 is 1.31 bits per heavy atom. The monoisotopic (exact) mass is 222 g/mol. The zero-order valence-corrected chi connectivity index (χ0v) is 10.6. The summed E-state index contributed by atoms with van der Waals surface area (Å²) in [6, 6.07) is 3.89. The molecule has 1 rings (SSSR count). The number of nitrogens with zero attached hydrogens (tertiary/aromatic N) is 2. The smallest absolute Gasteiger partial charge is 0.128 e. The Hall–Kier alpha value is -1.09. The Morgan fingerprint density at radius 3 is 2.44 bits per heavy atom. The van der Waals surface area contributed by atoms with Crippen LogP contribution in [0.1, 0.15) is 38.9 Å². The van der Waals surface area contributed by atoms with Crippen LogP contribution < -0.4 is 4.90 Å². The van der Waals surface area contributed by atoms with Crippen LogP contribution in [0, 0.1) is 5.92 Å². The second kappa shape index (κ2) is 5.85. The summed E-state index contributed by atoms with van der Waals surface area (Å²) in [6.07, 6.45) is 2.46. The topological polar surface area (TPSA) is 36.4 Å². The minimum absolute atomic E-state index is 0.442. The predicted molar refractivity (Wildman–Crippen MR) is 67.6 cm³/mol. The molecule has 0 aliphatic rings. The number of rotatable bonds is 5. The Balaban J connectivity index is 2.59. The molecule has 1 atom stereocenters. The zero-order chi connectivity index (χ0) is 12.1. The van der Waals surface area contributed by atoms with Gasteiger partial charge in [-0.15, -0.1) is 0 Å². The average molecular weight is 222 g/mol. The standard InChI is InChI=1S/C13H22N2O/c1-10(2)7-8-15(4)13-6-5-12(9-14-13)11(3)16/h5-6,9-11,16H,7-8H2,1-4H3/t11-/m1/s1. The van der Waals surface area contributed by atoms with Crippen molar-refractivity contribution in [2.24, 2.45) is 5.92 Å². The van der Waals surface area contributed by atoms with E-state index >= 15 is 0 Å². The molecule has 0 fully saturated rings. The highest BCUT2D eigenvalue weighted by Crippen LogP contribution is 2.15. The highest BCUT2D eigenvalue weighted by molar-refractivity contribution is 5.38. The first kappa shape index (κ1) is 13.0. The molecule has 0 aliphatic heterocycles. The summed E-state index contributed by atoms with van der Waals surface area (Å²) in [6.45, 7) is 7.20. The number of anilines is 1. The van der Waals surface area contributed by atoms with Gasteiger partial charge < -0.3 is 10.0 Å². The van der Waals surface area contributed by atoms with E-state index in [4.69, 9.17) is 0 Å². The molecule has 0 aliphatic carbocycles. The van der Waals surface area contributed by atoms with Gasteiger partial charge in [-0.2, -0.15) is 0 Å². The summed E-state index contributed by atoms with van der Waals surface area (Å²) in [5.74, 6) is 1.67. The van der Waals surface area contributed by atoms with Gasteiger partial charge in [-0.3, -0.25) is 0 Å². The maximum Gasteiger partial charge on any atom is 0.128 e. The molecule has 0 amide bonds. The zero-order valence-electron chi connectivity index (χ0n) is 10.6. The largest absolute Gasteiger partial charge is 0.389 e. The number of pyridine rings is 1. The van der Waals surface area contributed by atoms with Gasteiger partial charge in [-0.25, -0.2) is 4.98 Å². The minimum Gasteiger partial charge on any atom is -0.389 e. The number of aliphatic hydroxyl groups excluding tert-OH is 1. The van der Waals surface area contributed by atoms with E-state index in [0.29, 0.717) is 5.92 Å². The molecule has 90 valence electrons. The van der Waals surface area contributed by atoms with Crippen LogP contribution in [0.5, 0.6) is 0 Å². The molecule has 3 nitrogen and oxygen atoms in total. The molecule has 0 bridgehead atoms. The van der Waals surface area contributed by atoms with E-state index in [1.54, 1.807) is 13.1 Å². The molecular weight excluding hydrogens is 200 g/mol. The third kappa shape index (κ3) is 3.81. The Kier molecular flexibility index (Phi) is 4.74. The summed E-state index contributed by atoms with van der Waals surface area (Å²) >= 11 is 0. The lowest BCUT2D eigenvalue weighted by Crippen LogP contribution is -2.20. The van der Waals surface area contributed by atoms with Crippen molar-refractivity contribution in [3.05, 3.63) is 23.9 Å². The number of hydrogen-bond donors (Lipinski definition) is 1. The highest BCUT2D eigenvalue weighted by atomic mass is 16.3. The molecule has 16 heavy (non-hydrogen) atoms. The van der Waals surface area contributed by atoms with Gasteiger partial charge in [0.25, 0.3) is 0 Å². The van der Waals surface area contributed by atoms with Crippen LogP contribution >= 0.6 is 0 Å². The quantitative estimate of drug-likeness (QED) is 0.832. The number of aliphatic hydroxyl groups is 1. The van der Waals surface area contributed by atoms with E-state index in [1.807, 2.05) is 19.2 Å². The van der Waals surface area contributed by atoms with Crippen molar-refractivity contribution >= 4 is 5.82 Å². The van der Waals surface area contributed by atoms with Crippen LogP contribution in [-0.2, 0) is 0 Å². The summed E-state index contributed by atoms with van der Waals surface area (Å²) in [4.78, 5) is 6.49. The Morgan fingerprint density at radius 2 is 2.00 bits per heavy atom. The van der Waals surface area contributed by atoms with E-state index in [1.165, 1.54) is 0 Å². The summed E-state index contributed by atoms with van der Waals surface area (Å²) < 4.78 is 0. The molecule has 1 aromatic rings. The molecule has 0 unspecified atom stereocenters. The summed E-state index contributed by atoms with van der Waals surface area (Å²) in [5, 5.41) is 9.38. The van der Waals surface area contributed by atoms with Gasteiger partial charge in [-0.1, -0.05) is 19.9 Å². The van der Waals surface area contributed by atoms with Crippen LogP contribution in [0.2, 0.25) is 0 Å². The van der Waals surface area contributed by atoms with Gasteiger partial charge in [-0.05, 0) is 30.9 Å². The van der Waals surface area contributed by atoms with Gasteiger partial charge >= 0.3 is 0 Å². The van der Waals surface area contributed by atoms with E-state index < -0.39 is 6.10 Å². The van der Waals surface area contributed by atoms with Gasteiger partial charge in [0, 0.05) is 19.8 Å². The first-order valence-corrected chi connectivity index (χ1v) is 5.86. The van der Waals surface area contributed by atoms with E-state index in [2.05, 4.69) is 23.7 Å². The van der Waals surface area contributed by atoms with Crippen molar-refractivity contribution in [2.75, 3.05) is 18.5 Å². The van der Waals surface area contributed by atoms with Crippen molar-refractivity contribution < 1.29 is 5.11 Å². The van der Waals surface area contributed by atoms with Gasteiger partial charge in [0.1, 0.15) is 5.82 Å².